The molecule has 0 bridgehead atoms. The van der Waals surface area contributed by atoms with Crippen LogP contribution in [0.4, 0.5) is 23.8 Å². The van der Waals surface area contributed by atoms with Gasteiger partial charge in [-0.3, -0.25) is 0 Å². The predicted octanol–water partition coefficient (Wildman–Crippen LogP) is 3.09. The molecule has 1 saturated heterocycles. The number of esters is 1. The van der Waals surface area contributed by atoms with Gasteiger partial charge in [-0.05, 0) is 33.8 Å². The maximum atomic E-state index is 13.0. The van der Waals surface area contributed by atoms with E-state index in [1.165, 1.54) is 4.90 Å². The first kappa shape index (κ1) is 20.2. The zero-order valence-corrected chi connectivity index (χ0v) is 16.0. The standard InChI is InChI=1S/C18H22F3N3O4/c1-10-7-24-12(8-23(10)16(26)28-17(2,3)4)9-27-15(25)13-5-11(18(19,20)21)6-22-14(13)24/h5-6,10,12H,7-9H2,1-4H3/t10-,12+/m0/s1. The summed E-state index contributed by atoms with van der Waals surface area (Å²) in [6.07, 6.45) is -4.40. The monoisotopic (exact) mass is 401 g/mol. The third-order valence-electron chi connectivity index (χ3n) is 4.56. The number of carbonyl (C=O) groups is 2. The molecular weight excluding hydrogens is 379 g/mol. The van der Waals surface area contributed by atoms with Crippen molar-refractivity contribution in [3.05, 3.63) is 23.4 Å². The Balaban J connectivity index is 1.90. The number of hydrogen-bond donors (Lipinski definition) is 0. The van der Waals surface area contributed by atoms with Crippen LogP contribution in [0.3, 0.4) is 0 Å². The van der Waals surface area contributed by atoms with Gasteiger partial charge in [0.15, 0.2) is 0 Å². The van der Waals surface area contributed by atoms with Crippen LogP contribution in [0.15, 0.2) is 12.3 Å². The van der Waals surface area contributed by atoms with E-state index in [-0.39, 0.29) is 37.1 Å². The molecule has 3 heterocycles. The summed E-state index contributed by atoms with van der Waals surface area (Å²) in [6.45, 7) is 7.50. The highest BCUT2D eigenvalue weighted by Crippen LogP contribution is 2.34. The van der Waals surface area contributed by atoms with Crippen molar-refractivity contribution in [3.63, 3.8) is 0 Å². The number of hydrogen-bond acceptors (Lipinski definition) is 6. The summed E-state index contributed by atoms with van der Waals surface area (Å²) >= 11 is 0. The van der Waals surface area contributed by atoms with Crippen LogP contribution in [-0.4, -0.2) is 59.3 Å². The summed E-state index contributed by atoms with van der Waals surface area (Å²) in [5.74, 6) is -0.726. The SMILES string of the molecule is C[C@H]1CN2c3ncc(C(F)(F)F)cc3C(=O)OC[C@H]2CN1C(=O)OC(C)(C)C. The zero-order chi connectivity index (χ0) is 20.9. The smallest absolute Gasteiger partial charge is 0.417 e. The highest BCUT2D eigenvalue weighted by molar-refractivity contribution is 5.95. The molecule has 2 atom stereocenters. The van der Waals surface area contributed by atoms with Gasteiger partial charge in [-0.25, -0.2) is 14.6 Å². The first-order valence-corrected chi connectivity index (χ1v) is 8.87. The summed E-state index contributed by atoms with van der Waals surface area (Å²) in [6, 6.07) is 0.0345. The lowest BCUT2D eigenvalue weighted by Gasteiger charge is -2.44. The molecule has 7 nitrogen and oxygen atoms in total. The molecule has 1 fully saturated rings. The van der Waals surface area contributed by atoms with Crippen LogP contribution < -0.4 is 4.90 Å². The Hall–Kier alpha value is -2.52. The van der Waals surface area contributed by atoms with Gasteiger partial charge in [0.1, 0.15) is 23.6 Å². The van der Waals surface area contributed by atoms with Crippen LogP contribution in [0.1, 0.15) is 43.6 Å². The number of halogens is 3. The van der Waals surface area contributed by atoms with Gasteiger partial charge < -0.3 is 19.3 Å². The summed E-state index contributed by atoms with van der Waals surface area (Å²) in [7, 11) is 0. The van der Waals surface area contributed by atoms with Crippen LogP contribution in [-0.2, 0) is 15.7 Å². The number of ether oxygens (including phenoxy) is 2. The molecule has 0 N–H and O–H groups in total. The lowest BCUT2D eigenvalue weighted by atomic mass is 10.1. The number of anilines is 1. The van der Waals surface area contributed by atoms with Crippen molar-refractivity contribution in [2.24, 2.45) is 0 Å². The van der Waals surface area contributed by atoms with Gasteiger partial charge in [-0.1, -0.05) is 0 Å². The Bertz CT molecular complexity index is 791. The largest absolute Gasteiger partial charge is 0.460 e. The Morgan fingerprint density at radius 2 is 1.96 bits per heavy atom. The minimum absolute atomic E-state index is 0.0669. The number of aromatic nitrogens is 1. The molecule has 0 unspecified atom stereocenters. The Morgan fingerprint density at radius 1 is 1.29 bits per heavy atom. The van der Waals surface area contributed by atoms with Crippen LogP contribution in [0, 0.1) is 0 Å². The van der Waals surface area contributed by atoms with Gasteiger partial charge in [-0.15, -0.1) is 0 Å². The van der Waals surface area contributed by atoms with Crippen LogP contribution in [0.2, 0.25) is 0 Å². The van der Waals surface area contributed by atoms with E-state index >= 15 is 0 Å². The number of fused-ring (bicyclic) bond motifs is 3. The highest BCUT2D eigenvalue weighted by atomic mass is 19.4. The maximum absolute atomic E-state index is 13.0. The van der Waals surface area contributed by atoms with Gasteiger partial charge in [0.25, 0.3) is 0 Å². The van der Waals surface area contributed by atoms with E-state index in [0.29, 0.717) is 6.20 Å². The van der Waals surface area contributed by atoms with E-state index < -0.39 is 35.4 Å². The van der Waals surface area contributed by atoms with E-state index in [4.69, 9.17) is 9.47 Å². The topological polar surface area (TPSA) is 72.0 Å². The Kier molecular flexibility index (Phi) is 4.93. The molecule has 2 aliphatic rings. The van der Waals surface area contributed by atoms with Gasteiger partial charge in [0, 0.05) is 25.3 Å². The second kappa shape index (κ2) is 6.82. The normalized spacial score (nSPS) is 22.8. The fourth-order valence-electron chi connectivity index (χ4n) is 3.26. The number of nitrogens with zero attached hydrogens (tertiary/aromatic N) is 3. The summed E-state index contributed by atoms with van der Waals surface area (Å²) in [5, 5.41) is 0. The summed E-state index contributed by atoms with van der Waals surface area (Å²) < 4.78 is 49.6. The van der Waals surface area contributed by atoms with Crippen molar-refractivity contribution < 1.29 is 32.2 Å². The molecule has 1 aromatic heterocycles. The second-order valence-corrected chi connectivity index (χ2v) is 7.98. The number of piperazine rings is 1. The molecule has 1 aromatic rings. The Labute approximate surface area is 160 Å². The van der Waals surface area contributed by atoms with Crippen molar-refractivity contribution in [2.75, 3.05) is 24.6 Å². The third-order valence-corrected chi connectivity index (χ3v) is 4.56. The van der Waals surface area contributed by atoms with E-state index in [9.17, 15) is 22.8 Å². The average Bonchev–Trinajstić information content (AvgIpc) is 2.69. The first-order chi connectivity index (χ1) is 12.9. The molecule has 2 aliphatic heterocycles. The van der Waals surface area contributed by atoms with Crippen molar-refractivity contribution in [2.45, 2.75) is 51.6 Å². The average molecular weight is 401 g/mol. The first-order valence-electron chi connectivity index (χ1n) is 8.87. The second-order valence-electron chi connectivity index (χ2n) is 7.98. The molecule has 0 radical (unpaired) electrons. The fourth-order valence-corrected chi connectivity index (χ4v) is 3.26. The number of alkyl halides is 3. The predicted molar refractivity (Wildman–Crippen MR) is 93.1 cm³/mol. The molecule has 0 saturated carbocycles. The van der Waals surface area contributed by atoms with Crippen molar-refractivity contribution in [3.8, 4) is 0 Å². The number of pyridine rings is 1. The molecule has 0 spiro atoms. The Morgan fingerprint density at radius 3 is 2.57 bits per heavy atom. The third kappa shape index (κ3) is 4.00. The van der Waals surface area contributed by atoms with Crippen LogP contribution in [0.25, 0.3) is 0 Å². The molecule has 154 valence electrons. The summed E-state index contributed by atoms with van der Waals surface area (Å²) in [4.78, 5) is 31.9. The van der Waals surface area contributed by atoms with Crippen molar-refractivity contribution in [1.82, 2.24) is 9.88 Å². The van der Waals surface area contributed by atoms with Crippen molar-refractivity contribution in [1.29, 1.82) is 0 Å². The number of carbonyl (C=O) groups excluding carboxylic acids is 2. The molecule has 0 aromatic carbocycles. The minimum Gasteiger partial charge on any atom is -0.460 e. The quantitative estimate of drug-likeness (QED) is 0.622. The van der Waals surface area contributed by atoms with Crippen LogP contribution in [0.5, 0.6) is 0 Å². The molecular formula is C18H22F3N3O4. The lowest BCUT2D eigenvalue weighted by Crippen LogP contribution is -2.61. The molecule has 10 heteroatoms. The maximum Gasteiger partial charge on any atom is 0.417 e. The molecule has 28 heavy (non-hydrogen) atoms. The number of cyclic esters (lactones) is 1. The molecule has 1 amide bonds. The zero-order valence-electron chi connectivity index (χ0n) is 16.0. The molecule has 0 aliphatic carbocycles. The summed E-state index contributed by atoms with van der Waals surface area (Å²) in [5.41, 5.74) is -1.90. The fraction of sp³-hybridized carbons (Fsp3) is 0.611. The van der Waals surface area contributed by atoms with E-state index in [0.717, 1.165) is 6.07 Å². The van der Waals surface area contributed by atoms with E-state index in [2.05, 4.69) is 4.98 Å². The van der Waals surface area contributed by atoms with Crippen LogP contribution >= 0.6 is 0 Å². The number of rotatable bonds is 0. The van der Waals surface area contributed by atoms with Gasteiger partial charge in [0.2, 0.25) is 0 Å². The van der Waals surface area contributed by atoms with Gasteiger partial charge in [-0.2, -0.15) is 13.2 Å². The van der Waals surface area contributed by atoms with E-state index in [1.54, 1.807) is 32.6 Å². The van der Waals surface area contributed by atoms with Crippen molar-refractivity contribution >= 4 is 17.9 Å². The molecule has 3 rings (SSSR count). The minimum atomic E-state index is -4.61. The van der Waals surface area contributed by atoms with Gasteiger partial charge in [0.05, 0.1) is 11.6 Å². The highest BCUT2D eigenvalue weighted by Gasteiger charge is 2.41. The lowest BCUT2D eigenvalue weighted by molar-refractivity contribution is -0.137. The van der Waals surface area contributed by atoms with E-state index in [1.807, 2.05) is 0 Å². The van der Waals surface area contributed by atoms with Gasteiger partial charge >= 0.3 is 18.2 Å². The number of amides is 1.